The number of carboxylic acid groups (broad SMARTS) is 1. The van der Waals surface area contributed by atoms with Crippen molar-refractivity contribution in [3.05, 3.63) is 76.5 Å². The number of benzene rings is 3. The van der Waals surface area contributed by atoms with Crippen molar-refractivity contribution in [3.63, 3.8) is 0 Å². The first-order valence-electron chi connectivity index (χ1n) is 9.59. The minimum atomic E-state index is -1.10. The zero-order valence-corrected chi connectivity index (χ0v) is 16.6. The Labute approximate surface area is 176 Å². The largest absolute Gasteiger partial charge is 0.482 e. The van der Waals surface area contributed by atoms with Crippen LogP contribution < -0.4 is 10.2 Å². The minimum Gasteiger partial charge on any atom is -0.482 e. The highest BCUT2D eigenvalue weighted by Gasteiger charge is 2.22. The van der Waals surface area contributed by atoms with Gasteiger partial charge in [0.1, 0.15) is 17.1 Å². The van der Waals surface area contributed by atoms with E-state index in [0.717, 1.165) is 0 Å². The van der Waals surface area contributed by atoms with E-state index in [4.69, 9.17) is 19.0 Å². The molecule has 0 radical (unpaired) electrons. The summed E-state index contributed by atoms with van der Waals surface area (Å²) in [6.07, 6.45) is 0. The van der Waals surface area contributed by atoms with Gasteiger partial charge in [0.05, 0.1) is 12.2 Å². The Hall–Kier alpha value is -4.13. The van der Waals surface area contributed by atoms with E-state index in [1.54, 1.807) is 49.4 Å². The summed E-state index contributed by atoms with van der Waals surface area (Å²) in [6.45, 7) is 1.48. The van der Waals surface area contributed by atoms with Crippen molar-refractivity contribution in [1.82, 2.24) is 0 Å². The molecule has 4 rings (SSSR count). The van der Waals surface area contributed by atoms with Gasteiger partial charge in [0.25, 0.3) is 0 Å². The quantitative estimate of drug-likeness (QED) is 0.370. The fraction of sp³-hybridized carbons (Fsp3) is 0.125. The number of hydrogen-bond donors (Lipinski definition) is 1. The van der Waals surface area contributed by atoms with Gasteiger partial charge in [-0.2, -0.15) is 0 Å². The predicted molar refractivity (Wildman–Crippen MR) is 114 cm³/mol. The van der Waals surface area contributed by atoms with E-state index >= 15 is 0 Å². The molecule has 0 bridgehead atoms. The van der Waals surface area contributed by atoms with Gasteiger partial charge in [-0.05, 0) is 42.8 Å². The molecule has 0 fully saturated rings. The van der Waals surface area contributed by atoms with Crippen molar-refractivity contribution in [3.8, 4) is 28.2 Å². The van der Waals surface area contributed by atoms with Crippen molar-refractivity contribution in [1.29, 1.82) is 0 Å². The summed E-state index contributed by atoms with van der Waals surface area (Å²) < 4.78 is 16.4. The third kappa shape index (κ3) is 3.98. The molecule has 2 aliphatic rings. The van der Waals surface area contributed by atoms with Crippen LogP contribution in [0.2, 0.25) is 0 Å². The second-order valence-corrected chi connectivity index (χ2v) is 6.74. The molecule has 156 valence electrons. The number of carbonyl (C=O) groups excluding carboxylic acids is 1. The molecule has 0 aromatic heterocycles. The van der Waals surface area contributed by atoms with Crippen LogP contribution in [0.1, 0.15) is 17.3 Å². The molecule has 7 heteroatoms. The van der Waals surface area contributed by atoms with Crippen molar-refractivity contribution < 1.29 is 28.6 Å². The SMILES string of the molecule is CCOC(=O)c1ccccc1-c1c2ccc(=O)cc-2oc2cc(OCC(=O)O)ccc12. The molecule has 0 unspecified atom stereocenters. The Morgan fingerprint density at radius 1 is 1.00 bits per heavy atom. The van der Waals surface area contributed by atoms with E-state index < -0.39 is 18.5 Å². The third-order valence-electron chi connectivity index (χ3n) is 4.72. The van der Waals surface area contributed by atoms with Gasteiger partial charge in [-0.1, -0.05) is 18.2 Å². The van der Waals surface area contributed by atoms with Crippen LogP contribution in [0, 0.1) is 0 Å². The highest BCUT2D eigenvalue weighted by atomic mass is 16.5. The Balaban J connectivity index is 2.01. The smallest absolute Gasteiger partial charge is 0.341 e. The first-order chi connectivity index (χ1) is 15.0. The van der Waals surface area contributed by atoms with E-state index in [9.17, 15) is 14.4 Å². The topological polar surface area (TPSA) is 103 Å². The summed E-state index contributed by atoms with van der Waals surface area (Å²) in [4.78, 5) is 35.4. The van der Waals surface area contributed by atoms with Crippen molar-refractivity contribution in [2.75, 3.05) is 13.2 Å². The average molecular weight is 418 g/mol. The molecule has 7 nitrogen and oxygen atoms in total. The van der Waals surface area contributed by atoms with Gasteiger partial charge in [-0.25, -0.2) is 9.59 Å². The summed E-state index contributed by atoms with van der Waals surface area (Å²) >= 11 is 0. The zero-order chi connectivity index (χ0) is 22.0. The molecular weight excluding hydrogens is 400 g/mol. The first-order valence-corrected chi connectivity index (χ1v) is 9.59. The van der Waals surface area contributed by atoms with Gasteiger partial charge in [-0.3, -0.25) is 4.79 Å². The van der Waals surface area contributed by atoms with Gasteiger partial charge in [0.15, 0.2) is 12.0 Å². The van der Waals surface area contributed by atoms with E-state index in [2.05, 4.69) is 0 Å². The highest BCUT2D eigenvalue weighted by molar-refractivity contribution is 6.07. The molecule has 0 spiro atoms. The van der Waals surface area contributed by atoms with Crippen LogP contribution in [0.3, 0.4) is 0 Å². The molecule has 2 aromatic rings. The highest BCUT2D eigenvalue weighted by Crippen LogP contribution is 2.42. The molecular formula is C24H18O7. The van der Waals surface area contributed by atoms with Crippen molar-refractivity contribution >= 4 is 22.9 Å². The fourth-order valence-electron chi connectivity index (χ4n) is 3.46. The van der Waals surface area contributed by atoms with E-state index in [-0.39, 0.29) is 12.0 Å². The predicted octanol–water partition coefficient (Wildman–Crippen LogP) is 4.20. The van der Waals surface area contributed by atoms with Crippen LogP contribution in [0.5, 0.6) is 5.75 Å². The molecule has 0 amide bonds. The summed E-state index contributed by atoms with van der Waals surface area (Å²) in [7, 11) is 0. The maximum absolute atomic E-state index is 12.6. The Morgan fingerprint density at radius 3 is 2.58 bits per heavy atom. The molecule has 1 heterocycles. The number of aliphatic carboxylic acids is 1. The number of hydrogen-bond acceptors (Lipinski definition) is 6. The molecule has 31 heavy (non-hydrogen) atoms. The lowest BCUT2D eigenvalue weighted by Gasteiger charge is -2.17. The second-order valence-electron chi connectivity index (χ2n) is 6.74. The number of carboxylic acids is 1. The minimum absolute atomic E-state index is 0.224. The maximum atomic E-state index is 12.6. The molecule has 2 aromatic carbocycles. The zero-order valence-electron chi connectivity index (χ0n) is 16.6. The normalized spacial score (nSPS) is 10.9. The van der Waals surface area contributed by atoms with Gasteiger partial charge in [-0.15, -0.1) is 0 Å². The first kappa shape index (κ1) is 20.2. The van der Waals surface area contributed by atoms with Gasteiger partial charge in [0, 0.05) is 28.6 Å². The molecule has 0 saturated carbocycles. The number of esters is 1. The number of rotatable bonds is 6. The standard InChI is InChI=1S/C24H18O7/c1-2-29-24(28)17-6-4-3-5-16(17)23-18-9-7-14(25)11-20(18)31-21-12-15(8-10-19(21)23)30-13-22(26)27/h3-12H,2,13H2,1H3,(H,26,27). The van der Waals surface area contributed by atoms with Crippen molar-refractivity contribution in [2.24, 2.45) is 0 Å². The van der Waals surface area contributed by atoms with Crippen LogP contribution in [-0.4, -0.2) is 30.3 Å². The Morgan fingerprint density at radius 2 is 1.81 bits per heavy atom. The van der Waals surface area contributed by atoms with Crippen LogP contribution in [0.25, 0.3) is 33.4 Å². The van der Waals surface area contributed by atoms with Crippen LogP contribution in [0.15, 0.2) is 69.9 Å². The van der Waals surface area contributed by atoms with Crippen LogP contribution in [-0.2, 0) is 9.53 Å². The summed E-state index contributed by atoms with van der Waals surface area (Å²) in [5.74, 6) is -0.914. The third-order valence-corrected chi connectivity index (χ3v) is 4.72. The Bertz CT molecular complexity index is 1320. The maximum Gasteiger partial charge on any atom is 0.341 e. The molecule has 0 atom stereocenters. The summed E-state index contributed by atoms with van der Waals surface area (Å²) in [5.41, 5.74) is 2.53. The number of fused-ring (bicyclic) bond motifs is 2. The summed E-state index contributed by atoms with van der Waals surface area (Å²) in [5, 5.41) is 9.52. The molecule has 0 saturated heterocycles. The van der Waals surface area contributed by atoms with Gasteiger partial charge in [0.2, 0.25) is 0 Å². The van der Waals surface area contributed by atoms with Gasteiger partial charge < -0.3 is 19.0 Å². The van der Waals surface area contributed by atoms with E-state index in [1.165, 1.54) is 12.1 Å². The fourth-order valence-corrected chi connectivity index (χ4v) is 3.46. The lowest BCUT2D eigenvalue weighted by molar-refractivity contribution is -0.139. The van der Waals surface area contributed by atoms with E-state index in [0.29, 0.717) is 44.7 Å². The molecule has 1 aliphatic heterocycles. The van der Waals surface area contributed by atoms with E-state index in [1.807, 2.05) is 6.07 Å². The molecule has 1 aliphatic carbocycles. The van der Waals surface area contributed by atoms with Crippen LogP contribution in [0.4, 0.5) is 0 Å². The second kappa shape index (κ2) is 8.31. The number of ether oxygens (including phenoxy) is 2. The van der Waals surface area contributed by atoms with Crippen molar-refractivity contribution in [2.45, 2.75) is 6.92 Å². The number of carbonyl (C=O) groups is 2. The molecule has 1 N–H and O–H groups in total. The lowest BCUT2D eigenvalue weighted by Crippen LogP contribution is -2.09. The van der Waals surface area contributed by atoms with Gasteiger partial charge >= 0.3 is 11.9 Å². The summed E-state index contributed by atoms with van der Waals surface area (Å²) in [6, 6.07) is 16.4. The Kier molecular flexibility index (Phi) is 5.41. The monoisotopic (exact) mass is 418 g/mol. The van der Waals surface area contributed by atoms with Crippen LogP contribution >= 0.6 is 0 Å². The average Bonchev–Trinajstić information content (AvgIpc) is 2.76. The lowest BCUT2D eigenvalue weighted by atomic mass is 9.91.